The molecule has 0 radical (unpaired) electrons. The van der Waals surface area contributed by atoms with E-state index in [1.165, 1.54) is 4.70 Å². The molecule has 11 aromatic rings. The number of hydrogen-bond acceptors (Lipinski definition) is 5. The van der Waals surface area contributed by atoms with E-state index in [0.29, 0.717) is 5.89 Å². The van der Waals surface area contributed by atoms with E-state index < -0.39 is 6.67 Å². The van der Waals surface area contributed by atoms with Crippen LogP contribution in [0, 0.1) is 0 Å². The van der Waals surface area contributed by atoms with Gasteiger partial charge in [-0.3, -0.25) is 0 Å². The van der Waals surface area contributed by atoms with Gasteiger partial charge in [0.15, 0.2) is 5.58 Å². The van der Waals surface area contributed by atoms with Gasteiger partial charge in [-0.1, -0.05) is 84.9 Å². The molecule has 2 aromatic heterocycles. The molecule has 0 fully saturated rings. The van der Waals surface area contributed by atoms with Crippen LogP contribution in [0.3, 0.4) is 0 Å². The molecule has 0 aliphatic heterocycles. The fourth-order valence-electron chi connectivity index (χ4n) is 8.06. The van der Waals surface area contributed by atoms with Crippen LogP contribution in [0.5, 0.6) is 0 Å². The van der Waals surface area contributed by atoms with Gasteiger partial charge < -0.3 is 9.32 Å². The number of nitrogens with zero attached hydrogens (tertiary/aromatic N) is 3. The quantitative estimate of drug-likeness (QED) is 0.152. The van der Waals surface area contributed by atoms with Gasteiger partial charge in [-0.15, -0.1) is 11.3 Å². The second-order valence-corrected chi connectivity index (χ2v) is 15.3. The first kappa shape index (κ1) is 33.2. The molecule has 6 heteroatoms. The Hall–Kier alpha value is -7.15. The Morgan fingerprint density at radius 3 is 1.98 bits per heavy atom. The van der Waals surface area contributed by atoms with Crippen LogP contribution in [0.2, 0.25) is 0 Å². The summed E-state index contributed by atoms with van der Waals surface area (Å²) in [6.45, 7) is -0.518. The number of hydrogen-bond donors (Lipinski definition) is 0. The molecule has 2 heterocycles. The average molecular weight is 754 g/mol. The molecule has 0 aliphatic rings. The minimum Gasteiger partial charge on any atom is -0.436 e. The minimum atomic E-state index is -0.518. The van der Waals surface area contributed by atoms with Crippen LogP contribution in [-0.2, 0) is 6.67 Å². The zero-order chi connectivity index (χ0) is 37.9. The fourth-order valence-corrected chi connectivity index (χ4v) is 9.03. The Morgan fingerprint density at radius 1 is 0.491 bits per heavy atom. The lowest BCUT2D eigenvalue weighted by molar-refractivity contribution is 0.490. The summed E-state index contributed by atoms with van der Waals surface area (Å²) in [6.07, 6.45) is 0. The van der Waals surface area contributed by atoms with Crippen molar-refractivity contribution >= 4 is 82.0 Å². The zero-order valence-electron chi connectivity index (χ0n) is 30.6. The number of rotatable bonds is 7. The van der Waals surface area contributed by atoms with E-state index >= 15 is 0 Å². The number of anilines is 3. The van der Waals surface area contributed by atoms with Crippen molar-refractivity contribution in [1.82, 2.24) is 9.97 Å². The second kappa shape index (κ2) is 13.6. The maximum Gasteiger partial charge on any atom is 0.227 e. The molecule has 9 aromatic carbocycles. The maximum atomic E-state index is 14.6. The van der Waals surface area contributed by atoms with Gasteiger partial charge in [0, 0.05) is 28.2 Å². The molecule has 0 N–H and O–H groups in total. The van der Waals surface area contributed by atoms with E-state index in [1.54, 1.807) is 11.3 Å². The smallest absolute Gasteiger partial charge is 0.227 e. The number of thiazole rings is 1. The van der Waals surface area contributed by atoms with Crippen LogP contribution in [-0.4, -0.2) is 9.97 Å². The Kier molecular flexibility index (Phi) is 7.90. The summed E-state index contributed by atoms with van der Waals surface area (Å²) in [4.78, 5) is 11.9. The van der Waals surface area contributed by atoms with E-state index in [9.17, 15) is 4.39 Å². The molecule has 4 nitrogen and oxygen atoms in total. The molecule has 0 atom stereocenters. The number of fused-ring (bicyclic) bond motifs is 5. The number of halogens is 1. The fraction of sp³-hybridized carbons (Fsp3) is 0.0196. The third-order valence-electron chi connectivity index (χ3n) is 10.9. The molecule has 0 saturated heterocycles. The SMILES string of the molecule is FCc1c2ccccc2cc2c(-c3ccc4ccc(N(c5ccc(-c6nc7ccccc7o6)cc5)c5ccc(-c6nc7ccccc7s6)cc5)cc4c3)cccc12. The van der Waals surface area contributed by atoms with Crippen molar-refractivity contribution in [3.63, 3.8) is 0 Å². The molecule has 57 heavy (non-hydrogen) atoms. The lowest BCUT2D eigenvalue weighted by Crippen LogP contribution is -2.09. The van der Waals surface area contributed by atoms with Crippen molar-refractivity contribution in [3.8, 4) is 33.2 Å². The minimum absolute atomic E-state index is 0.518. The normalized spacial score (nSPS) is 11.7. The maximum absolute atomic E-state index is 14.6. The predicted molar refractivity (Wildman–Crippen MR) is 236 cm³/mol. The van der Waals surface area contributed by atoms with Gasteiger partial charge in [0.1, 0.15) is 17.2 Å². The summed E-state index contributed by atoms with van der Waals surface area (Å²) in [5.74, 6) is 0.591. The van der Waals surface area contributed by atoms with Crippen molar-refractivity contribution < 1.29 is 8.81 Å². The Bertz CT molecular complexity index is 3110. The number of benzene rings is 9. The summed E-state index contributed by atoms with van der Waals surface area (Å²) < 4.78 is 21.9. The van der Waals surface area contributed by atoms with Gasteiger partial charge in [0.25, 0.3) is 0 Å². The van der Waals surface area contributed by atoms with E-state index in [0.717, 1.165) is 98.8 Å². The van der Waals surface area contributed by atoms with Crippen molar-refractivity contribution in [3.05, 3.63) is 188 Å². The average Bonchev–Trinajstić information content (AvgIpc) is 3.91. The van der Waals surface area contributed by atoms with E-state index in [1.807, 2.05) is 60.7 Å². The van der Waals surface area contributed by atoms with Gasteiger partial charge in [-0.2, -0.15) is 0 Å². The summed E-state index contributed by atoms with van der Waals surface area (Å²) >= 11 is 1.70. The van der Waals surface area contributed by atoms with Gasteiger partial charge in [0.2, 0.25) is 5.89 Å². The first-order chi connectivity index (χ1) is 28.2. The number of oxazole rings is 1. The third-order valence-corrected chi connectivity index (χ3v) is 12.0. The first-order valence-corrected chi connectivity index (χ1v) is 19.7. The van der Waals surface area contributed by atoms with E-state index in [2.05, 4.69) is 126 Å². The van der Waals surface area contributed by atoms with Gasteiger partial charge >= 0.3 is 0 Å². The number of alkyl halides is 1. The molecule has 0 aliphatic carbocycles. The Labute approximate surface area is 331 Å². The molecule has 0 amide bonds. The lowest BCUT2D eigenvalue weighted by atomic mass is 9.91. The molecule has 11 rings (SSSR count). The van der Waals surface area contributed by atoms with E-state index in [4.69, 9.17) is 14.4 Å². The van der Waals surface area contributed by atoms with Crippen molar-refractivity contribution in [1.29, 1.82) is 0 Å². The van der Waals surface area contributed by atoms with Gasteiger partial charge in [-0.05, 0) is 146 Å². The highest BCUT2D eigenvalue weighted by atomic mass is 32.1. The first-order valence-electron chi connectivity index (χ1n) is 18.9. The molecular weight excluding hydrogens is 722 g/mol. The molecule has 0 bridgehead atoms. The highest BCUT2D eigenvalue weighted by molar-refractivity contribution is 7.21. The van der Waals surface area contributed by atoms with Gasteiger partial charge in [-0.25, -0.2) is 14.4 Å². The van der Waals surface area contributed by atoms with Crippen molar-refractivity contribution in [2.75, 3.05) is 4.90 Å². The van der Waals surface area contributed by atoms with Crippen LogP contribution in [0.15, 0.2) is 186 Å². The van der Waals surface area contributed by atoms with Crippen molar-refractivity contribution in [2.45, 2.75) is 6.67 Å². The molecule has 0 unspecified atom stereocenters. The number of aromatic nitrogens is 2. The van der Waals surface area contributed by atoms with Gasteiger partial charge in [0.05, 0.1) is 10.2 Å². The summed E-state index contributed by atoms with van der Waals surface area (Å²) in [7, 11) is 0. The standard InChI is InChI=1S/C51H32FN3OS/c52-31-45-42-9-2-1-8-35(42)30-44-41(10-7-11-43(44)45)36-17-16-32-18-27-40(29-37(32)28-36)55(38-23-19-33(20-24-38)50-53-46-12-3-5-14-48(46)56-50)39-25-21-34(22-26-39)51-54-47-13-4-6-15-49(47)57-51/h1-30H,31H2. The topological polar surface area (TPSA) is 42.2 Å². The van der Waals surface area contributed by atoms with Crippen LogP contribution < -0.4 is 4.90 Å². The Morgan fingerprint density at radius 2 is 1.18 bits per heavy atom. The zero-order valence-corrected chi connectivity index (χ0v) is 31.4. The molecule has 0 saturated carbocycles. The van der Waals surface area contributed by atoms with Crippen molar-refractivity contribution in [2.24, 2.45) is 0 Å². The summed E-state index contributed by atoms with van der Waals surface area (Å²) in [6, 6.07) is 62.8. The summed E-state index contributed by atoms with van der Waals surface area (Å²) in [5.41, 5.74) is 10.5. The highest BCUT2D eigenvalue weighted by Crippen LogP contribution is 2.41. The highest BCUT2D eigenvalue weighted by Gasteiger charge is 2.17. The van der Waals surface area contributed by atoms with Crippen LogP contribution in [0.4, 0.5) is 21.5 Å². The van der Waals surface area contributed by atoms with Crippen LogP contribution in [0.25, 0.3) is 86.8 Å². The summed E-state index contributed by atoms with van der Waals surface area (Å²) in [5, 5.41) is 7.23. The monoisotopic (exact) mass is 753 g/mol. The lowest BCUT2D eigenvalue weighted by Gasteiger charge is -2.26. The molecule has 0 spiro atoms. The van der Waals surface area contributed by atoms with Crippen LogP contribution in [0.1, 0.15) is 5.56 Å². The molecular formula is C51H32FN3OS. The molecule has 270 valence electrons. The third kappa shape index (κ3) is 5.81. The predicted octanol–water partition coefficient (Wildman–Crippen LogP) is 14.8. The van der Waals surface area contributed by atoms with E-state index in [-0.39, 0.29) is 0 Å². The van der Waals surface area contributed by atoms with Crippen LogP contribution >= 0.6 is 11.3 Å². The largest absolute Gasteiger partial charge is 0.436 e. The second-order valence-electron chi connectivity index (χ2n) is 14.3. The Balaban J connectivity index is 1.02. The number of para-hydroxylation sites is 3.